The van der Waals surface area contributed by atoms with Gasteiger partial charge in [-0.3, -0.25) is 4.79 Å². The lowest BCUT2D eigenvalue weighted by Gasteiger charge is -2.50. The number of nitrogens with zero attached hydrogens (tertiary/aromatic N) is 1. The number of β-lactam (4-membered cyclic amide) rings is 1. The molecule has 2 N–H and O–H groups in total. The van der Waals surface area contributed by atoms with Crippen LogP contribution in [0.3, 0.4) is 0 Å². The molecule has 9 heteroatoms. The summed E-state index contributed by atoms with van der Waals surface area (Å²) < 4.78 is 22.4. The Labute approximate surface area is 175 Å². The third-order valence-corrected chi connectivity index (χ3v) is 5.22. The van der Waals surface area contributed by atoms with Crippen LogP contribution in [0.5, 0.6) is 11.5 Å². The number of hydrogen-bond acceptors (Lipinski definition) is 7. The molecule has 2 aliphatic rings. The number of carboxylic acids is 1. The van der Waals surface area contributed by atoms with Crippen LogP contribution in [0.15, 0.2) is 30.0 Å². The van der Waals surface area contributed by atoms with E-state index < -0.39 is 17.8 Å². The van der Waals surface area contributed by atoms with Crippen molar-refractivity contribution in [3.63, 3.8) is 0 Å². The van der Waals surface area contributed by atoms with Gasteiger partial charge in [-0.15, -0.1) is 0 Å². The molecule has 1 amide bonds. The Morgan fingerprint density at radius 2 is 2.10 bits per heavy atom. The molecule has 0 aromatic heterocycles. The lowest BCUT2D eigenvalue weighted by molar-refractivity contribution is -0.174. The molecule has 2 fully saturated rings. The van der Waals surface area contributed by atoms with Gasteiger partial charge in [0, 0.05) is 29.9 Å². The van der Waals surface area contributed by atoms with E-state index in [0.717, 1.165) is 11.6 Å². The summed E-state index contributed by atoms with van der Waals surface area (Å²) in [4.78, 5) is 25.6. The summed E-state index contributed by atoms with van der Waals surface area (Å²) in [6.07, 6.45) is 0.687. The number of allylic oxidation sites excluding steroid dienone is 1. The van der Waals surface area contributed by atoms with Gasteiger partial charge in [0.05, 0.1) is 26.9 Å². The van der Waals surface area contributed by atoms with E-state index in [2.05, 4.69) is 5.32 Å². The van der Waals surface area contributed by atoms with Gasteiger partial charge in [0.25, 0.3) is 0 Å². The summed E-state index contributed by atoms with van der Waals surface area (Å²) in [5, 5.41) is 12.0. The van der Waals surface area contributed by atoms with Crippen molar-refractivity contribution in [1.82, 2.24) is 10.2 Å². The van der Waals surface area contributed by atoms with Crippen LogP contribution >= 0.6 is 0 Å². The number of benzene rings is 1. The van der Waals surface area contributed by atoms with E-state index in [1.807, 2.05) is 26.0 Å². The molecule has 9 nitrogen and oxygen atoms in total. The first kappa shape index (κ1) is 21.9. The highest BCUT2D eigenvalue weighted by Crippen LogP contribution is 2.36. The summed E-state index contributed by atoms with van der Waals surface area (Å²) in [6, 6.07) is 4.50. The molecule has 0 spiro atoms. The van der Waals surface area contributed by atoms with E-state index in [9.17, 15) is 9.59 Å². The second kappa shape index (κ2) is 8.53. The zero-order valence-electron chi connectivity index (χ0n) is 17.8. The van der Waals surface area contributed by atoms with Gasteiger partial charge in [0.15, 0.2) is 5.79 Å². The van der Waals surface area contributed by atoms with Gasteiger partial charge >= 0.3 is 5.97 Å². The Bertz CT molecular complexity index is 852. The second-order valence-corrected chi connectivity index (χ2v) is 7.79. The van der Waals surface area contributed by atoms with Crippen LogP contribution in [0.2, 0.25) is 0 Å². The highest BCUT2D eigenvalue weighted by molar-refractivity contribution is 5.90. The van der Waals surface area contributed by atoms with Crippen LogP contribution in [-0.4, -0.2) is 66.7 Å². The van der Waals surface area contributed by atoms with Crippen LogP contribution in [0.4, 0.5) is 0 Å². The fourth-order valence-corrected chi connectivity index (χ4v) is 3.84. The van der Waals surface area contributed by atoms with Crippen molar-refractivity contribution < 1.29 is 33.6 Å². The molecule has 2 saturated heterocycles. The molecule has 1 aromatic carbocycles. The Balaban J connectivity index is 1.84. The Morgan fingerprint density at radius 1 is 1.37 bits per heavy atom. The van der Waals surface area contributed by atoms with Gasteiger partial charge in [-0.1, -0.05) is 0 Å². The lowest BCUT2D eigenvalue weighted by Crippen LogP contribution is -2.73. The number of nitrogens with one attached hydrogen (secondary N) is 1. The predicted octanol–water partition coefficient (Wildman–Crippen LogP) is 1.51. The van der Waals surface area contributed by atoms with Crippen molar-refractivity contribution in [1.29, 1.82) is 0 Å². The van der Waals surface area contributed by atoms with E-state index in [1.54, 1.807) is 32.1 Å². The van der Waals surface area contributed by atoms with Crippen molar-refractivity contribution in [3.8, 4) is 11.5 Å². The summed E-state index contributed by atoms with van der Waals surface area (Å²) in [7, 11) is 3.14. The quantitative estimate of drug-likeness (QED) is 0.482. The highest BCUT2D eigenvalue weighted by Gasteiger charge is 2.54. The molecule has 1 aromatic rings. The number of carboxylic acid groups (broad SMARTS) is 1. The van der Waals surface area contributed by atoms with Crippen LogP contribution < -0.4 is 14.8 Å². The Kier molecular flexibility index (Phi) is 6.23. The molecule has 0 bridgehead atoms. The number of amides is 1. The number of ether oxygens (including phenoxy) is 4. The largest absolute Gasteiger partial charge is 0.497 e. The number of carbonyl (C=O) groups excluding carboxylic acids is 1. The fourth-order valence-electron chi connectivity index (χ4n) is 3.84. The standard InChI is InChI=1S/C21H28N2O7/c1-12(8-17(24)25)22-18-19(16-11-29-21(2,3)30-16)23(20(18)26)10-13-6-7-14(27-4)9-15(13)28-5/h6-9,16,18-19,22H,10-11H2,1-5H3,(H,24,25)/t16?,18-,19+/m0/s1. The van der Waals surface area contributed by atoms with Crippen LogP contribution in [0, 0.1) is 0 Å². The van der Waals surface area contributed by atoms with Crippen molar-refractivity contribution in [2.24, 2.45) is 0 Å². The summed E-state index contributed by atoms with van der Waals surface area (Å²) in [5.74, 6) is -0.703. The average molecular weight is 420 g/mol. The Morgan fingerprint density at radius 3 is 2.67 bits per heavy atom. The second-order valence-electron chi connectivity index (χ2n) is 7.79. The van der Waals surface area contributed by atoms with Crippen LogP contribution in [-0.2, 0) is 25.6 Å². The lowest BCUT2D eigenvalue weighted by atomic mass is 9.89. The minimum Gasteiger partial charge on any atom is -0.497 e. The van der Waals surface area contributed by atoms with Crippen molar-refractivity contribution >= 4 is 11.9 Å². The molecule has 164 valence electrons. The van der Waals surface area contributed by atoms with E-state index in [0.29, 0.717) is 30.3 Å². The van der Waals surface area contributed by atoms with Gasteiger partial charge in [-0.25, -0.2) is 4.79 Å². The monoisotopic (exact) mass is 420 g/mol. The van der Waals surface area contributed by atoms with Crippen LogP contribution in [0.25, 0.3) is 0 Å². The molecule has 3 atom stereocenters. The molecular weight excluding hydrogens is 392 g/mol. The molecule has 30 heavy (non-hydrogen) atoms. The number of rotatable bonds is 8. The fraction of sp³-hybridized carbons (Fsp3) is 0.524. The van der Waals surface area contributed by atoms with Gasteiger partial charge < -0.3 is 34.3 Å². The molecule has 3 rings (SSSR count). The first-order chi connectivity index (χ1) is 14.1. The maximum absolute atomic E-state index is 13.0. The molecule has 2 heterocycles. The van der Waals surface area contributed by atoms with E-state index >= 15 is 0 Å². The number of methoxy groups -OCH3 is 2. The minimum atomic E-state index is -1.08. The summed E-state index contributed by atoms with van der Waals surface area (Å²) in [5.41, 5.74) is 1.22. The first-order valence-corrected chi connectivity index (χ1v) is 9.66. The highest BCUT2D eigenvalue weighted by atomic mass is 16.7. The molecule has 2 aliphatic heterocycles. The topological polar surface area (TPSA) is 107 Å². The predicted molar refractivity (Wildman–Crippen MR) is 107 cm³/mol. The molecular formula is C21H28N2O7. The first-order valence-electron chi connectivity index (χ1n) is 9.66. The number of carbonyl (C=O) groups is 2. The van der Waals surface area contributed by atoms with Gasteiger partial charge in [-0.05, 0) is 32.9 Å². The number of hydrogen-bond donors (Lipinski definition) is 2. The minimum absolute atomic E-state index is 0.149. The Hall–Kier alpha value is -2.78. The normalized spacial score (nSPS) is 25.6. The van der Waals surface area contributed by atoms with E-state index in [4.69, 9.17) is 24.1 Å². The van der Waals surface area contributed by atoms with Crippen LogP contribution in [0.1, 0.15) is 26.3 Å². The maximum Gasteiger partial charge on any atom is 0.330 e. The zero-order chi connectivity index (χ0) is 22.1. The molecule has 0 aliphatic carbocycles. The van der Waals surface area contributed by atoms with Crippen molar-refractivity contribution in [2.45, 2.75) is 51.3 Å². The molecule has 0 radical (unpaired) electrons. The maximum atomic E-state index is 13.0. The zero-order valence-corrected chi connectivity index (χ0v) is 17.8. The molecule has 0 saturated carbocycles. The summed E-state index contributed by atoms with van der Waals surface area (Å²) >= 11 is 0. The average Bonchev–Trinajstić information content (AvgIpc) is 3.04. The van der Waals surface area contributed by atoms with Gasteiger partial charge in [0.2, 0.25) is 5.91 Å². The number of aliphatic carboxylic acids is 1. The summed E-state index contributed by atoms with van der Waals surface area (Å²) in [6.45, 7) is 5.91. The van der Waals surface area contributed by atoms with Gasteiger partial charge in [0.1, 0.15) is 23.6 Å². The number of likely N-dealkylation sites (tertiary alicyclic amines) is 1. The smallest absolute Gasteiger partial charge is 0.330 e. The SMILES string of the molecule is COc1ccc(CN2C(=O)[C@@H](NC(C)=CC(=O)O)[C@H]2C2COC(C)(C)O2)c(OC)c1. The third kappa shape index (κ3) is 4.52. The third-order valence-electron chi connectivity index (χ3n) is 5.22. The van der Waals surface area contributed by atoms with Crippen molar-refractivity contribution in [2.75, 3.05) is 20.8 Å². The van der Waals surface area contributed by atoms with E-state index in [1.165, 1.54) is 0 Å². The van der Waals surface area contributed by atoms with Gasteiger partial charge in [-0.2, -0.15) is 0 Å². The van der Waals surface area contributed by atoms with Crippen molar-refractivity contribution in [3.05, 3.63) is 35.5 Å². The molecule has 1 unspecified atom stereocenters. The van der Waals surface area contributed by atoms with E-state index in [-0.39, 0.29) is 18.1 Å².